The molecule has 3 heteroatoms. The molecule has 5 rings (SSSR count). The minimum atomic E-state index is -0.314. The third kappa shape index (κ3) is 2.61. The summed E-state index contributed by atoms with van der Waals surface area (Å²) in [4.78, 5) is 24.3. The lowest BCUT2D eigenvalue weighted by atomic mass is 9.53. The summed E-state index contributed by atoms with van der Waals surface area (Å²) < 4.78 is 6.11. The molecule has 0 amide bonds. The average Bonchev–Trinajstić information content (AvgIpc) is 3.36. The van der Waals surface area contributed by atoms with Gasteiger partial charge in [0.15, 0.2) is 5.78 Å². The monoisotopic (exact) mass is 396 g/mol. The maximum atomic E-state index is 12.2. The fourth-order valence-electron chi connectivity index (χ4n) is 8.05. The number of hydrogen-bond acceptors (Lipinski definition) is 3. The van der Waals surface area contributed by atoms with Gasteiger partial charge in [-0.05, 0) is 86.2 Å². The van der Waals surface area contributed by atoms with Crippen molar-refractivity contribution in [2.24, 2.45) is 46.8 Å². The molecule has 0 N–H and O–H groups in total. The number of fused-ring (bicyclic) bond motifs is 5. The highest BCUT2D eigenvalue weighted by Gasteiger charge is 2.76. The third-order valence-corrected chi connectivity index (χ3v) is 9.83. The molecule has 3 fully saturated rings. The van der Waals surface area contributed by atoms with Crippen molar-refractivity contribution >= 4 is 11.8 Å². The molecule has 0 aromatic rings. The molecule has 3 nitrogen and oxygen atoms in total. The number of hydrogen-bond donors (Lipinski definition) is 0. The van der Waals surface area contributed by atoms with Gasteiger partial charge in [-0.3, -0.25) is 4.79 Å². The molecule has 0 radical (unpaired) electrons. The van der Waals surface area contributed by atoms with Crippen molar-refractivity contribution in [3.8, 4) is 0 Å². The molecule has 1 spiro atoms. The van der Waals surface area contributed by atoms with Gasteiger partial charge in [0.05, 0.1) is 0 Å². The number of carbonyl (C=O) groups excluding carboxylic acids is 2. The highest BCUT2D eigenvalue weighted by atomic mass is 16.6. The summed E-state index contributed by atoms with van der Waals surface area (Å²) >= 11 is 0. The molecule has 4 aliphatic carbocycles. The molecule has 1 heterocycles. The summed E-state index contributed by atoms with van der Waals surface area (Å²) in [6.07, 6.45) is 13.6. The predicted octanol–water partition coefficient (Wildman–Crippen LogP) is 5.50. The molecule has 8 atom stereocenters. The Balaban J connectivity index is 1.43. The van der Waals surface area contributed by atoms with Gasteiger partial charge in [0.1, 0.15) is 5.60 Å². The van der Waals surface area contributed by atoms with Crippen LogP contribution in [0.25, 0.3) is 0 Å². The summed E-state index contributed by atoms with van der Waals surface area (Å²) in [5, 5.41) is 0. The van der Waals surface area contributed by atoms with E-state index in [1.165, 1.54) is 24.8 Å². The smallest absolute Gasteiger partial charge is 0.331 e. The maximum absolute atomic E-state index is 12.2. The average molecular weight is 397 g/mol. The van der Waals surface area contributed by atoms with E-state index in [-0.39, 0.29) is 17.0 Å². The highest BCUT2D eigenvalue weighted by molar-refractivity contribution is 5.91. The van der Waals surface area contributed by atoms with Crippen LogP contribution in [0.4, 0.5) is 0 Å². The Kier molecular flexibility index (Phi) is 4.43. The van der Waals surface area contributed by atoms with Crippen LogP contribution < -0.4 is 0 Å². The Hall–Kier alpha value is -1.38. The Morgan fingerprint density at radius 3 is 2.59 bits per heavy atom. The molecule has 0 saturated heterocycles. The van der Waals surface area contributed by atoms with Gasteiger partial charge >= 0.3 is 5.97 Å². The summed E-state index contributed by atoms with van der Waals surface area (Å²) in [7, 11) is 0. The van der Waals surface area contributed by atoms with Crippen LogP contribution in [-0.4, -0.2) is 17.4 Å². The number of esters is 1. The normalized spacial score (nSPS) is 46.5. The van der Waals surface area contributed by atoms with Crippen molar-refractivity contribution < 1.29 is 14.3 Å². The van der Waals surface area contributed by atoms with Gasteiger partial charge in [-0.15, -0.1) is 0 Å². The first kappa shape index (κ1) is 19.6. The third-order valence-electron chi connectivity index (χ3n) is 9.83. The second-order valence-electron chi connectivity index (χ2n) is 11.0. The molecular weight excluding hydrogens is 360 g/mol. The van der Waals surface area contributed by atoms with Gasteiger partial charge in [0.25, 0.3) is 0 Å². The molecular formula is C26H36O3. The molecule has 158 valence electrons. The predicted molar refractivity (Wildman–Crippen MR) is 113 cm³/mol. The van der Waals surface area contributed by atoms with Crippen LogP contribution >= 0.6 is 0 Å². The summed E-state index contributed by atoms with van der Waals surface area (Å²) in [5.74, 6) is 4.43. The van der Waals surface area contributed by atoms with Crippen LogP contribution in [0.3, 0.4) is 0 Å². The van der Waals surface area contributed by atoms with E-state index < -0.39 is 0 Å². The van der Waals surface area contributed by atoms with E-state index in [0.717, 1.165) is 31.6 Å². The number of rotatable bonds is 4. The van der Waals surface area contributed by atoms with Gasteiger partial charge < -0.3 is 4.74 Å². The zero-order valence-corrected chi connectivity index (χ0v) is 18.4. The van der Waals surface area contributed by atoms with Crippen molar-refractivity contribution in [2.75, 3.05) is 0 Å². The molecule has 5 aliphatic rings. The van der Waals surface area contributed by atoms with Gasteiger partial charge in [0, 0.05) is 23.8 Å². The first-order valence-corrected chi connectivity index (χ1v) is 12.0. The second-order valence-corrected chi connectivity index (χ2v) is 11.0. The quantitative estimate of drug-likeness (QED) is 0.590. The number of ketones is 1. The topological polar surface area (TPSA) is 43.4 Å². The minimum absolute atomic E-state index is 0.131. The zero-order chi connectivity index (χ0) is 20.6. The molecule has 29 heavy (non-hydrogen) atoms. The van der Waals surface area contributed by atoms with E-state index in [9.17, 15) is 9.59 Å². The fourth-order valence-corrected chi connectivity index (χ4v) is 8.05. The van der Waals surface area contributed by atoms with Crippen molar-refractivity contribution in [2.45, 2.75) is 78.2 Å². The molecule has 0 bridgehead atoms. The van der Waals surface area contributed by atoms with Gasteiger partial charge in [-0.2, -0.15) is 0 Å². The second kappa shape index (κ2) is 6.56. The summed E-state index contributed by atoms with van der Waals surface area (Å²) in [5.41, 5.74) is 1.25. The van der Waals surface area contributed by atoms with Crippen LogP contribution in [0.1, 0.15) is 72.6 Å². The Bertz CT molecular complexity index is 792. The molecule has 0 aromatic carbocycles. The van der Waals surface area contributed by atoms with Crippen LogP contribution in [0.5, 0.6) is 0 Å². The molecule has 1 aliphatic heterocycles. The molecule has 3 saturated carbocycles. The first-order valence-electron chi connectivity index (χ1n) is 12.0. The lowest BCUT2D eigenvalue weighted by molar-refractivity contribution is -0.166. The minimum Gasteiger partial charge on any atom is -0.451 e. The Labute approximate surface area is 175 Å². The van der Waals surface area contributed by atoms with Crippen LogP contribution in [0.15, 0.2) is 23.8 Å². The molecule has 0 aromatic heterocycles. The van der Waals surface area contributed by atoms with Crippen LogP contribution in [0, 0.1) is 46.8 Å². The Morgan fingerprint density at radius 1 is 1.14 bits per heavy atom. The van der Waals surface area contributed by atoms with Gasteiger partial charge in [0.2, 0.25) is 0 Å². The number of allylic oxidation sites excluding steroid dienone is 2. The van der Waals surface area contributed by atoms with Crippen molar-refractivity contribution in [1.29, 1.82) is 0 Å². The van der Waals surface area contributed by atoms with Gasteiger partial charge in [-0.25, -0.2) is 4.79 Å². The highest BCUT2D eigenvalue weighted by Crippen LogP contribution is 2.76. The van der Waals surface area contributed by atoms with Crippen LogP contribution in [-0.2, 0) is 14.3 Å². The lowest BCUT2D eigenvalue weighted by Gasteiger charge is -2.53. The van der Waals surface area contributed by atoms with Crippen LogP contribution in [0.2, 0.25) is 0 Å². The summed E-state index contributed by atoms with van der Waals surface area (Å²) in [6.45, 7) is 9.18. The van der Waals surface area contributed by atoms with Crippen molar-refractivity contribution in [3.63, 3.8) is 0 Å². The Morgan fingerprint density at radius 2 is 1.93 bits per heavy atom. The van der Waals surface area contributed by atoms with E-state index in [4.69, 9.17) is 4.74 Å². The number of carbonyl (C=O) groups is 2. The first-order chi connectivity index (χ1) is 13.8. The van der Waals surface area contributed by atoms with Crippen molar-refractivity contribution in [1.82, 2.24) is 0 Å². The SMILES string of the molecule is CC[C@]12CC[C@H]([C@H]3CCC(=O)C=C3[C@H](C)C(C)C)C[C@@H]1[C@@H]1C[C@@H]1[C@@]21C=CC(=O)O1. The van der Waals surface area contributed by atoms with E-state index in [1.54, 1.807) is 6.08 Å². The van der Waals surface area contributed by atoms with Crippen molar-refractivity contribution in [3.05, 3.63) is 23.8 Å². The molecule has 0 unspecified atom stereocenters. The van der Waals surface area contributed by atoms with E-state index in [0.29, 0.717) is 41.3 Å². The number of ether oxygens (including phenoxy) is 1. The van der Waals surface area contributed by atoms with E-state index >= 15 is 0 Å². The summed E-state index contributed by atoms with van der Waals surface area (Å²) in [6, 6.07) is 0. The standard InChI is InChI=1S/C26H36O3/c1-5-25-10-8-17(19-7-6-18(27)13-20(19)16(4)15(2)3)12-22(25)21-14-23(21)26(25)11-9-24(28)29-26/h9,11,13,15-17,19,21-23H,5-8,10,12,14H2,1-4H3/t16-,17+,19-,21+,22-,23+,25+,26+/m1/s1. The van der Waals surface area contributed by atoms with E-state index in [2.05, 4.69) is 33.8 Å². The van der Waals surface area contributed by atoms with E-state index in [1.807, 2.05) is 6.08 Å². The lowest BCUT2D eigenvalue weighted by Crippen LogP contribution is -2.52. The largest absolute Gasteiger partial charge is 0.451 e. The maximum Gasteiger partial charge on any atom is 0.331 e. The zero-order valence-electron chi connectivity index (χ0n) is 18.4. The van der Waals surface area contributed by atoms with Gasteiger partial charge in [-0.1, -0.05) is 33.3 Å². The fraction of sp³-hybridized carbons (Fsp3) is 0.769.